The largest absolute Gasteiger partial charge is 0.366 e. The summed E-state index contributed by atoms with van der Waals surface area (Å²) in [4.78, 5) is 2.25. The molecule has 0 atom stereocenters. The Labute approximate surface area is 130 Å². The van der Waals surface area contributed by atoms with Crippen molar-refractivity contribution < 1.29 is 9.47 Å². The molecule has 0 bridgehead atoms. The molecule has 1 rings (SSSR count). The SMILES string of the molecule is CCCCOCN(CCc1ccccc1)COCCCC. The summed E-state index contributed by atoms with van der Waals surface area (Å²) >= 11 is 0. The van der Waals surface area contributed by atoms with Crippen molar-refractivity contribution in [1.29, 1.82) is 0 Å². The summed E-state index contributed by atoms with van der Waals surface area (Å²) < 4.78 is 11.5. The maximum atomic E-state index is 5.73. The Morgan fingerprint density at radius 2 is 1.43 bits per heavy atom. The topological polar surface area (TPSA) is 21.7 Å². The third-order valence-electron chi connectivity index (χ3n) is 3.39. The first-order valence-electron chi connectivity index (χ1n) is 8.28. The number of ether oxygens (including phenoxy) is 2. The van der Waals surface area contributed by atoms with E-state index >= 15 is 0 Å². The average Bonchev–Trinajstić information content (AvgIpc) is 2.53. The van der Waals surface area contributed by atoms with Crippen LogP contribution in [0, 0.1) is 0 Å². The zero-order valence-electron chi connectivity index (χ0n) is 13.7. The predicted octanol–water partition coefficient (Wildman–Crippen LogP) is 4.08. The van der Waals surface area contributed by atoms with Crippen LogP contribution in [-0.2, 0) is 15.9 Å². The molecule has 1 aromatic rings. The molecule has 0 unspecified atom stereocenters. The minimum atomic E-state index is 0.666. The molecule has 0 heterocycles. The lowest BCUT2D eigenvalue weighted by Crippen LogP contribution is -2.31. The maximum absolute atomic E-state index is 5.73. The van der Waals surface area contributed by atoms with Gasteiger partial charge in [0.25, 0.3) is 0 Å². The predicted molar refractivity (Wildman–Crippen MR) is 88.3 cm³/mol. The van der Waals surface area contributed by atoms with E-state index in [2.05, 4.69) is 49.1 Å². The van der Waals surface area contributed by atoms with Gasteiger partial charge >= 0.3 is 0 Å². The van der Waals surface area contributed by atoms with E-state index in [4.69, 9.17) is 9.47 Å². The van der Waals surface area contributed by atoms with Gasteiger partial charge in [-0.3, -0.25) is 4.90 Å². The highest BCUT2D eigenvalue weighted by atomic mass is 16.5. The van der Waals surface area contributed by atoms with Crippen LogP contribution in [0.4, 0.5) is 0 Å². The molecule has 0 saturated carbocycles. The second kappa shape index (κ2) is 12.8. The number of nitrogens with zero attached hydrogens (tertiary/aromatic N) is 1. The van der Waals surface area contributed by atoms with E-state index in [1.165, 1.54) is 18.4 Å². The molecule has 3 nitrogen and oxygen atoms in total. The highest BCUT2D eigenvalue weighted by Gasteiger charge is 2.05. The van der Waals surface area contributed by atoms with E-state index in [1.54, 1.807) is 0 Å². The van der Waals surface area contributed by atoms with Crippen molar-refractivity contribution in [2.24, 2.45) is 0 Å². The van der Waals surface area contributed by atoms with Crippen molar-refractivity contribution in [2.75, 3.05) is 33.2 Å². The van der Waals surface area contributed by atoms with Crippen LogP contribution in [0.15, 0.2) is 30.3 Å². The normalized spacial score (nSPS) is 11.2. The Hall–Kier alpha value is -0.900. The van der Waals surface area contributed by atoms with Gasteiger partial charge in [0.2, 0.25) is 0 Å². The maximum Gasteiger partial charge on any atom is 0.101 e. The third kappa shape index (κ3) is 9.62. The number of hydrogen-bond donors (Lipinski definition) is 0. The van der Waals surface area contributed by atoms with Gasteiger partial charge < -0.3 is 9.47 Å². The van der Waals surface area contributed by atoms with Crippen molar-refractivity contribution in [3.05, 3.63) is 35.9 Å². The highest BCUT2D eigenvalue weighted by Crippen LogP contribution is 2.03. The lowest BCUT2D eigenvalue weighted by atomic mass is 10.1. The lowest BCUT2D eigenvalue weighted by Gasteiger charge is -2.22. The van der Waals surface area contributed by atoms with Crippen LogP contribution in [0.25, 0.3) is 0 Å². The smallest absolute Gasteiger partial charge is 0.101 e. The van der Waals surface area contributed by atoms with Crippen LogP contribution in [0.3, 0.4) is 0 Å². The molecule has 120 valence electrons. The van der Waals surface area contributed by atoms with E-state index in [1.807, 2.05) is 0 Å². The standard InChI is InChI=1S/C18H31NO2/c1-3-5-14-20-16-19(17-21-15-6-4-2)13-12-18-10-8-7-9-11-18/h7-11H,3-6,12-17H2,1-2H3. The van der Waals surface area contributed by atoms with E-state index in [9.17, 15) is 0 Å². The Morgan fingerprint density at radius 1 is 0.857 bits per heavy atom. The van der Waals surface area contributed by atoms with E-state index in [0.29, 0.717) is 13.5 Å². The molecule has 0 radical (unpaired) electrons. The molecule has 3 heteroatoms. The average molecular weight is 293 g/mol. The summed E-state index contributed by atoms with van der Waals surface area (Å²) in [5.74, 6) is 0. The Balaban J connectivity index is 2.28. The van der Waals surface area contributed by atoms with Crippen LogP contribution < -0.4 is 0 Å². The van der Waals surface area contributed by atoms with Gasteiger partial charge in [-0.15, -0.1) is 0 Å². The van der Waals surface area contributed by atoms with Crippen molar-refractivity contribution in [3.63, 3.8) is 0 Å². The van der Waals surface area contributed by atoms with E-state index in [0.717, 1.165) is 39.0 Å². The number of unbranched alkanes of at least 4 members (excludes halogenated alkanes) is 2. The van der Waals surface area contributed by atoms with Gasteiger partial charge in [0.15, 0.2) is 0 Å². The number of benzene rings is 1. The first kappa shape index (κ1) is 18.1. The summed E-state index contributed by atoms with van der Waals surface area (Å²) in [5, 5.41) is 0. The zero-order valence-corrected chi connectivity index (χ0v) is 13.7. The molecular weight excluding hydrogens is 262 g/mol. The van der Waals surface area contributed by atoms with Crippen LogP contribution in [0.1, 0.15) is 45.1 Å². The van der Waals surface area contributed by atoms with Gasteiger partial charge in [-0.25, -0.2) is 0 Å². The van der Waals surface area contributed by atoms with Gasteiger partial charge in [0.1, 0.15) is 13.5 Å². The van der Waals surface area contributed by atoms with Crippen molar-refractivity contribution in [2.45, 2.75) is 46.0 Å². The van der Waals surface area contributed by atoms with Gasteiger partial charge in [0, 0.05) is 19.8 Å². The van der Waals surface area contributed by atoms with Crippen LogP contribution in [-0.4, -0.2) is 38.1 Å². The Bertz CT molecular complexity index is 317. The van der Waals surface area contributed by atoms with Crippen molar-refractivity contribution in [3.8, 4) is 0 Å². The van der Waals surface area contributed by atoms with Crippen LogP contribution in [0.5, 0.6) is 0 Å². The van der Waals surface area contributed by atoms with Crippen molar-refractivity contribution >= 4 is 0 Å². The molecule has 0 fully saturated rings. The van der Waals surface area contributed by atoms with Crippen molar-refractivity contribution in [1.82, 2.24) is 4.90 Å². The third-order valence-corrected chi connectivity index (χ3v) is 3.39. The zero-order chi connectivity index (χ0) is 15.2. The van der Waals surface area contributed by atoms with Gasteiger partial charge in [-0.05, 0) is 24.8 Å². The molecule has 1 aromatic carbocycles. The summed E-state index contributed by atoms with van der Waals surface area (Å²) in [5.41, 5.74) is 1.37. The Kier molecular flexibility index (Phi) is 11.1. The van der Waals surface area contributed by atoms with Gasteiger partial charge in [-0.2, -0.15) is 0 Å². The van der Waals surface area contributed by atoms with Gasteiger partial charge in [-0.1, -0.05) is 57.0 Å². The minimum absolute atomic E-state index is 0.666. The Morgan fingerprint density at radius 3 is 1.95 bits per heavy atom. The van der Waals surface area contributed by atoms with E-state index < -0.39 is 0 Å². The summed E-state index contributed by atoms with van der Waals surface area (Å²) in [7, 11) is 0. The first-order valence-corrected chi connectivity index (χ1v) is 8.28. The number of hydrogen-bond acceptors (Lipinski definition) is 3. The summed E-state index contributed by atoms with van der Waals surface area (Å²) in [6.07, 6.45) is 5.65. The fourth-order valence-electron chi connectivity index (χ4n) is 1.98. The highest BCUT2D eigenvalue weighted by molar-refractivity contribution is 5.14. The van der Waals surface area contributed by atoms with Crippen LogP contribution in [0.2, 0.25) is 0 Å². The fourth-order valence-corrected chi connectivity index (χ4v) is 1.98. The summed E-state index contributed by atoms with van der Waals surface area (Å²) in [6, 6.07) is 10.6. The molecule has 0 spiro atoms. The molecule has 0 amide bonds. The molecule has 0 aliphatic heterocycles. The molecule has 0 saturated heterocycles. The number of rotatable bonds is 13. The van der Waals surface area contributed by atoms with Crippen LogP contribution >= 0.6 is 0 Å². The molecule has 0 aromatic heterocycles. The molecular formula is C18H31NO2. The minimum Gasteiger partial charge on any atom is -0.366 e. The quantitative estimate of drug-likeness (QED) is 0.404. The molecule has 0 N–H and O–H groups in total. The van der Waals surface area contributed by atoms with E-state index in [-0.39, 0.29) is 0 Å². The second-order valence-electron chi connectivity index (χ2n) is 5.41. The van der Waals surface area contributed by atoms with Gasteiger partial charge in [0.05, 0.1) is 0 Å². The molecule has 21 heavy (non-hydrogen) atoms. The fraction of sp³-hybridized carbons (Fsp3) is 0.667. The molecule has 0 aliphatic carbocycles. The second-order valence-corrected chi connectivity index (χ2v) is 5.41. The summed E-state index contributed by atoms with van der Waals surface area (Å²) in [6.45, 7) is 8.36. The molecule has 0 aliphatic rings. The first-order chi connectivity index (χ1) is 10.4. The monoisotopic (exact) mass is 293 g/mol. The lowest BCUT2D eigenvalue weighted by molar-refractivity contribution is -0.0451.